The van der Waals surface area contributed by atoms with Crippen LogP contribution in [0.25, 0.3) is 10.9 Å². The Hall–Kier alpha value is -2.07. The van der Waals surface area contributed by atoms with E-state index in [1.165, 1.54) is 4.90 Å². The largest absolute Gasteiger partial charge is 0.461 e. The summed E-state index contributed by atoms with van der Waals surface area (Å²) in [5.74, 6) is 0.480. The number of thioether (sulfide) groups is 1. The number of hydrogen-bond acceptors (Lipinski definition) is 7. The fraction of sp³-hybridized carbons (Fsp3) is 0.364. The van der Waals surface area contributed by atoms with Gasteiger partial charge in [0, 0.05) is 22.0 Å². The Balaban J connectivity index is 1.62. The third-order valence-corrected chi connectivity index (χ3v) is 6.14. The van der Waals surface area contributed by atoms with Gasteiger partial charge in [-0.05, 0) is 48.1 Å². The van der Waals surface area contributed by atoms with Crippen molar-refractivity contribution in [3.63, 3.8) is 0 Å². The van der Waals surface area contributed by atoms with Crippen LogP contribution in [0.4, 0.5) is 0 Å². The number of H-pyrrole nitrogens is 1. The second kappa shape index (κ2) is 8.97. The summed E-state index contributed by atoms with van der Waals surface area (Å²) in [4.78, 5) is 4.44. The fourth-order valence-electron chi connectivity index (χ4n) is 3.71. The second-order valence-corrected chi connectivity index (χ2v) is 8.21. The maximum Gasteiger partial charge on any atom is 0.229 e. The highest BCUT2D eigenvalue weighted by molar-refractivity contribution is 7.98. The smallest absolute Gasteiger partial charge is 0.229 e. The van der Waals surface area contributed by atoms with Gasteiger partial charge in [-0.15, -0.1) is 11.8 Å². The molecule has 160 valence electrons. The van der Waals surface area contributed by atoms with Crippen LogP contribution in [0.1, 0.15) is 11.1 Å². The molecule has 0 radical (unpaired) electrons. The molecule has 8 heteroatoms. The Bertz CT molecular complexity index is 989. The molecule has 1 aromatic heterocycles. The van der Waals surface area contributed by atoms with Crippen molar-refractivity contribution in [3.05, 3.63) is 59.8 Å². The molecule has 0 saturated carbocycles. The van der Waals surface area contributed by atoms with Gasteiger partial charge >= 0.3 is 0 Å². The molecule has 30 heavy (non-hydrogen) atoms. The first kappa shape index (κ1) is 21.2. The second-order valence-electron chi connectivity index (χ2n) is 7.33. The van der Waals surface area contributed by atoms with E-state index in [9.17, 15) is 20.4 Å². The third-order valence-electron chi connectivity index (χ3n) is 5.39. The first-order valence-electron chi connectivity index (χ1n) is 9.71. The molecule has 2 heterocycles. The summed E-state index contributed by atoms with van der Waals surface area (Å²) in [6, 6.07) is 13.8. The minimum Gasteiger partial charge on any atom is -0.461 e. The summed E-state index contributed by atoms with van der Waals surface area (Å²) in [6.07, 6.45) is -1.97. The molecule has 1 saturated heterocycles. The number of aliphatic hydroxyl groups is 4. The molecule has 5 N–H and O–H groups in total. The molecule has 0 amide bonds. The van der Waals surface area contributed by atoms with Crippen LogP contribution in [-0.4, -0.2) is 69.0 Å². The topological polar surface area (TPSA) is 115 Å². The normalized spacial score (nSPS) is 26.8. The highest BCUT2D eigenvalue weighted by atomic mass is 32.2. The minimum atomic E-state index is -1.49. The van der Waals surface area contributed by atoms with Crippen LogP contribution in [0, 0.1) is 0 Å². The summed E-state index contributed by atoms with van der Waals surface area (Å²) >= 11 is 1.69. The van der Waals surface area contributed by atoms with Crippen LogP contribution in [0.3, 0.4) is 0 Å². The number of nitrogens with one attached hydrogen (secondary N) is 1. The molecule has 4 rings (SSSR count). The number of aromatic nitrogens is 1. The Kier molecular flexibility index (Phi) is 6.33. The minimum absolute atomic E-state index is 0.480. The number of fused-ring (bicyclic) bond motifs is 1. The molecule has 1 aliphatic heterocycles. The first-order valence-corrected chi connectivity index (χ1v) is 10.9. The summed E-state index contributed by atoms with van der Waals surface area (Å²) in [7, 11) is 0. The van der Waals surface area contributed by atoms with E-state index in [0.29, 0.717) is 12.2 Å². The van der Waals surface area contributed by atoms with Crippen LogP contribution in [0.15, 0.2) is 53.6 Å². The Morgan fingerprint density at radius 1 is 1.03 bits per heavy atom. The number of aliphatic hydroxyl groups excluding tert-OH is 4. The predicted molar refractivity (Wildman–Crippen MR) is 114 cm³/mol. The zero-order chi connectivity index (χ0) is 21.3. The van der Waals surface area contributed by atoms with Crippen LogP contribution >= 0.6 is 11.8 Å². The summed E-state index contributed by atoms with van der Waals surface area (Å²) in [5.41, 5.74) is 3.03. The highest BCUT2D eigenvalue weighted by Crippen LogP contribution is 2.33. The number of hydrogen-bond donors (Lipinski definition) is 5. The van der Waals surface area contributed by atoms with Gasteiger partial charge in [0.05, 0.1) is 6.61 Å². The van der Waals surface area contributed by atoms with E-state index in [-0.39, 0.29) is 0 Å². The van der Waals surface area contributed by atoms with Crippen molar-refractivity contribution in [2.45, 2.75) is 42.0 Å². The summed E-state index contributed by atoms with van der Waals surface area (Å²) in [6.45, 7) is -0.504. The zero-order valence-corrected chi connectivity index (χ0v) is 17.2. The van der Waals surface area contributed by atoms with Gasteiger partial charge in [0.2, 0.25) is 6.29 Å². The molecular formula is C22H25NO6S. The van der Waals surface area contributed by atoms with Gasteiger partial charge in [-0.1, -0.05) is 18.2 Å². The lowest BCUT2D eigenvalue weighted by molar-refractivity contribution is -0.277. The molecule has 1 fully saturated rings. The quantitative estimate of drug-likeness (QED) is 0.377. The number of ether oxygens (including phenoxy) is 2. The molecule has 0 spiro atoms. The van der Waals surface area contributed by atoms with Gasteiger partial charge in [-0.25, -0.2) is 0 Å². The number of rotatable bonds is 6. The van der Waals surface area contributed by atoms with E-state index in [4.69, 9.17) is 9.47 Å². The molecule has 0 bridgehead atoms. The SMILES string of the molecule is CSc1ccc(Cc2c[nH]c3cccc(O[C@@H]4O[C@H](CO)[C@@H](O)[C@H](O)[C@H]4O)c23)cc1. The molecule has 0 unspecified atom stereocenters. The van der Waals surface area contributed by atoms with Gasteiger partial charge in [-0.2, -0.15) is 0 Å². The van der Waals surface area contributed by atoms with Crippen molar-refractivity contribution in [2.24, 2.45) is 0 Å². The maximum absolute atomic E-state index is 10.3. The number of benzene rings is 2. The Labute approximate surface area is 178 Å². The van der Waals surface area contributed by atoms with Crippen molar-refractivity contribution >= 4 is 22.7 Å². The van der Waals surface area contributed by atoms with Gasteiger partial charge in [-0.3, -0.25) is 0 Å². The molecule has 3 aromatic rings. The third kappa shape index (κ3) is 4.07. The van der Waals surface area contributed by atoms with E-state index >= 15 is 0 Å². The molecule has 5 atom stereocenters. The first-order chi connectivity index (χ1) is 14.5. The van der Waals surface area contributed by atoms with Gasteiger partial charge in [0.1, 0.15) is 30.2 Å². The fourth-order valence-corrected chi connectivity index (χ4v) is 4.12. The van der Waals surface area contributed by atoms with Gasteiger partial charge in [0.25, 0.3) is 0 Å². The zero-order valence-electron chi connectivity index (χ0n) is 16.4. The van der Waals surface area contributed by atoms with E-state index in [1.807, 2.05) is 24.6 Å². The van der Waals surface area contributed by atoms with E-state index in [1.54, 1.807) is 17.8 Å². The van der Waals surface area contributed by atoms with E-state index in [2.05, 4.69) is 29.2 Å². The lowest BCUT2D eigenvalue weighted by atomic mass is 9.99. The molecule has 1 aliphatic rings. The van der Waals surface area contributed by atoms with Gasteiger partial charge in [0.15, 0.2) is 0 Å². The standard InChI is InChI=1S/C22H25NO6S/c1-30-14-7-5-12(6-8-14)9-13-10-23-15-3-2-4-16(18(13)15)28-22-21(27)20(26)19(25)17(11-24)29-22/h2-8,10,17,19-27H,9,11H2,1H3/t17-,19-,20+,21-,22-/m1/s1. The maximum atomic E-state index is 10.3. The van der Waals surface area contributed by atoms with Crippen molar-refractivity contribution < 1.29 is 29.9 Å². The van der Waals surface area contributed by atoms with Crippen molar-refractivity contribution in [3.8, 4) is 5.75 Å². The molecular weight excluding hydrogens is 406 g/mol. The average molecular weight is 432 g/mol. The summed E-state index contributed by atoms with van der Waals surface area (Å²) < 4.78 is 11.4. The number of aromatic amines is 1. The van der Waals surface area contributed by atoms with Crippen LogP contribution < -0.4 is 4.74 Å². The van der Waals surface area contributed by atoms with Crippen LogP contribution in [-0.2, 0) is 11.2 Å². The van der Waals surface area contributed by atoms with Crippen LogP contribution in [0.2, 0.25) is 0 Å². The monoisotopic (exact) mass is 431 g/mol. The molecule has 0 aliphatic carbocycles. The average Bonchev–Trinajstić information content (AvgIpc) is 3.18. The van der Waals surface area contributed by atoms with E-state index in [0.717, 1.165) is 22.0 Å². The lowest BCUT2D eigenvalue weighted by Gasteiger charge is -2.39. The van der Waals surface area contributed by atoms with Crippen molar-refractivity contribution in [2.75, 3.05) is 12.9 Å². The van der Waals surface area contributed by atoms with Crippen molar-refractivity contribution in [1.29, 1.82) is 0 Å². The lowest BCUT2D eigenvalue weighted by Crippen LogP contribution is -2.60. The van der Waals surface area contributed by atoms with Gasteiger partial charge < -0.3 is 34.9 Å². The predicted octanol–water partition coefficient (Wildman–Crippen LogP) is 1.66. The van der Waals surface area contributed by atoms with Crippen molar-refractivity contribution in [1.82, 2.24) is 4.98 Å². The Morgan fingerprint density at radius 2 is 1.80 bits per heavy atom. The molecule has 7 nitrogen and oxygen atoms in total. The van der Waals surface area contributed by atoms with Crippen LogP contribution in [0.5, 0.6) is 5.75 Å². The summed E-state index contributed by atoms with van der Waals surface area (Å²) in [5, 5.41) is 40.6. The highest BCUT2D eigenvalue weighted by Gasteiger charge is 2.44. The Morgan fingerprint density at radius 3 is 2.50 bits per heavy atom. The molecule has 2 aromatic carbocycles. The van der Waals surface area contributed by atoms with E-state index < -0.39 is 37.3 Å².